The molecule has 3 aromatic carbocycles. The molecule has 31 heavy (non-hydrogen) atoms. The fraction of sp³-hybridized carbons (Fsp3) is 0.240. The number of sulfonamides is 1. The molecule has 160 valence electrons. The van der Waals surface area contributed by atoms with Crippen LogP contribution >= 0.6 is 0 Å². The fourth-order valence-corrected chi connectivity index (χ4v) is 4.96. The first-order chi connectivity index (χ1) is 14.9. The van der Waals surface area contributed by atoms with Gasteiger partial charge < -0.3 is 5.32 Å². The predicted molar refractivity (Wildman–Crippen MR) is 123 cm³/mol. The smallest absolute Gasteiger partial charge is 0.251 e. The summed E-state index contributed by atoms with van der Waals surface area (Å²) >= 11 is 0. The van der Waals surface area contributed by atoms with E-state index in [9.17, 15) is 13.2 Å². The molecule has 1 N–H and O–H groups in total. The third-order valence-corrected chi connectivity index (χ3v) is 6.80. The number of carbonyl (C=O) groups is 1. The van der Waals surface area contributed by atoms with Gasteiger partial charge >= 0.3 is 0 Å². The molecule has 0 radical (unpaired) electrons. The zero-order valence-electron chi connectivity index (χ0n) is 17.5. The minimum atomic E-state index is -3.47. The topological polar surface area (TPSA) is 66.5 Å². The molecule has 0 aliphatic heterocycles. The molecule has 3 aromatic rings. The van der Waals surface area contributed by atoms with Crippen molar-refractivity contribution in [3.05, 3.63) is 101 Å². The average Bonchev–Trinajstić information content (AvgIpc) is 2.78. The number of hydrogen-bond acceptors (Lipinski definition) is 3. The van der Waals surface area contributed by atoms with Crippen molar-refractivity contribution in [1.29, 1.82) is 0 Å². The van der Waals surface area contributed by atoms with Crippen LogP contribution in [-0.4, -0.2) is 20.6 Å². The lowest BCUT2D eigenvalue weighted by molar-refractivity contribution is 0.0932. The second-order valence-corrected chi connectivity index (χ2v) is 9.83. The van der Waals surface area contributed by atoms with Crippen molar-refractivity contribution in [2.24, 2.45) is 0 Å². The number of anilines is 1. The normalized spacial score (nSPS) is 15.7. The maximum Gasteiger partial charge on any atom is 0.251 e. The summed E-state index contributed by atoms with van der Waals surface area (Å²) in [6.07, 6.45) is 4.19. The van der Waals surface area contributed by atoms with Gasteiger partial charge in [-0.2, -0.15) is 0 Å². The van der Waals surface area contributed by atoms with Crippen LogP contribution in [-0.2, 0) is 23.0 Å². The number of fused-ring (bicyclic) bond motifs is 1. The number of rotatable bonds is 6. The highest BCUT2D eigenvalue weighted by atomic mass is 32.2. The number of hydrogen-bond donors (Lipinski definition) is 1. The Balaban J connectivity index is 1.51. The Kier molecular flexibility index (Phi) is 6.09. The minimum absolute atomic E-state index is 0.00252. The SMILES string of the molecule is CS(=O)(=O)N(Cc1ccccc1)c1ccc(C(=O)N[C@@H]2CCCc3ccccc32)cc1. The van der Waals surface area contributed by atoms with Crippen LogP contribution in [0.2, 0.25) is 0 Å². The number of nitrogens with zero attached hydrogens (tertiary/aromatic N) is 1. The van der Waals surface area contributed by atoms with E-state index in [0.29, 0.717) is 11.3 Å². The molecule has 0 fully saturated rings. The van der Waals surface area contributed by atoms with Crippen molar-refractivity contribution in [2.45, 2.75) is 31.8 Å². The second kappa shape index (κ2) is 8.94. The third kappa shape index (κ3) is 4.97. The van der Waals surface area contributed by atoms with Crippen LogP contribution < -0.4 is 9.62 Å². The molecular formula is C25H26N2O3S. The van der Waals surface area contributed by atoms with Crippen molar-refractivity contribution in [2.75, 3.05) is 10.6 Å². The van der Waals surface area contributed by atoms with Crippen molar-refractivity contribution in [3.8, 4) is 0 Å². The Morgan fingerprint density at radius 3 is 2.35 bits per heavy atom. The van der Waals surface area contributed by atoms with Gasteiger partial charge in [-0.15, -0.1) is 0 Å². The van der Waals surface area contributed by atoms with E-state index in [2.05, 4.69) is 17.4 Å². The van der Waals surface area contributed by atoms with Crippen LogP contribution in [0.5, 0.6) is 0 Å². The van der Waals surface area contributed by atoms with Crippen LogP contribution in [0.25, 0.3) is 0 Å². The predicted octanol–water partition coefficient (Wildman–Crippen LogP) is 4.46. The third-order valence-electron chi connectivity index (χ3n) is 5.66. The Hall–Kier alpha value is -3.12. The first-order valence-corrected chi connectivity index (χ1v) is 12.3. The van der Waals surface area contributed by atoms with Gasteiger partial charge in [-0.25, -0.2) is 8.42 Å². The van der Waals surface area contributed by atoms with Crippen LogP contribution in [0.15, 0.2) is 78.9 Å². The summed E-state index contributed by atoms with van der Waals surface area (Å²) in [7, 11) is -3.47. The lowest BCUT2D eigenvalue weighted by Gasteiger charge is -2.26. The molecule has 1 atom stereocenters. The van der Waals surface area contributed by atoms with E-state index in [0.717, 1.165) is 24.8 Å². The molecule has 0 heterocycles. The second-order valence-electron chi connectivity index (χ2n) is 7.92. The Morgan fingerprint density at radius 1 is 0.968 bits per heavy atom. The molecule has 0 spiro atoms. The first-order valence-electron chi connectivity index (χ1n) is 10.4. The largest absolute Gasteiger partial charge is 0.345 e. The summed E-state index contributed by atoms with van der Waals surface area (Å²) in [5.74, 6) is -0.151. The zero-order valence-corrected chi connectivity index (χ0v) is 18.3. The quantitative estimate of drug-likeness (QED) is 0.623. The molecule has 1 amide bonds. The van der Waals surface area contributed by atoms with Gasteiger partial charge in [-0.05, 0) is 60.2 Å². The van der Waals surface area contributed by atoms with Gasteiger partial charge in [0.15, 0.2) is 0 Å². The molecule has 0 saturated heterocycles. The summed E-state index contributed by atoms with van der Waals surface area (Å²) in [4.78, 5) is 12.8. The molecule has 0 bridgehead atoms. The standard InChI is InChI=1S/C25H26N2O3S/c1-31(29,30)27(18-19-8-3-2-4-9-19)22-16-14-21(15-17-22)25(28)26-24-13-7-11-20-10-5-6-12-23(20)24/h2-6,8-10,12,14-17,24H,7,11,13,18H2,1H3,(H,26,28)/t24-/m1/s1. The van der Waals surface area contributed by atoms with Crippen LogP contribution in [0, 0.1) is 0 Å². The number of aryl methyl sites for hydroxylation is 1. The number of amides is 1. The highest BCUT2D eigenvalue weighted by Crippen LogP contribution is 2.30. The van der Waals surface area contributed by atoms with Crippen molar-refractivity contribution >= 4 is 21.6 Å². The van der Waals surface area contributed by atoms with Crippen LogP contribution in [0.3, 0.4) is 0 Å². The average molecular weight is 435 g/mol. The highest BCUT2D eigenvalue weighted by Gasteiger charge is 2.22. The fourth-order valence-electron chi connectivity index (χ4n) is 4.07. The number of benzene rings is 3. The molecule has 6 heteroatoms. The molecule has 1 aliphatic rings. The van der Waals surface area contributed by atoms with E-state index in [4.69, 9.17) is 0 Å². The summed E-state index contributed by atoms with van der Waals surface area (Å²) < 4.78 is 26.1. The Bertz CT molecular complexity index is 1160. The summed E-state index contributed by atoms with van der Waals surface area (Å²) in [6.45, 7) is 0.240. The molecule has 1 aliphatic carbocycles. The molecule has 0 unspecified atom stereocenters. The lowest BCUT2D eigenvalue weighted by atomic mass is 9.87. The van der Waals surface area contributed by atoms with Gasteiger partial charge in [0.2, 0.25) is 10.0 Å². The number of nitrogens with one attached hydrogen (secondary N) is 1. The van der Waals surface area contributed by atoms with Gasteiger partial charge in [0.05, 0.1) is 24.5 Å². The molecular weight excluding hydrogens is 408 g/mol. The summed E-state index contributed by atoms with van der Waals surface area (Å²) in [5.41, 5.74) is 4.42. The minimum Gasteiger partial charge on any atom is -0.345 e. The Labute approximate surface area is 183 Å². The van der Waals surface area contributed by atoms with E-state index >= 15 is 0 Å². The maximum atomic E-state index is 12.8. The molecule has 0 aromatic heterocycles. The van der Waals surface area contributed by atoms with Gasteiger partial charge in [0.25, 0.3) is 5.91 Å². The summed E-state index contributed by atoms with van der Waals surface area (Å²) in [5, 5.41) is 3.14. The highest BCUT2D eigenvalue weighted by molar-refractivity contribution is 7.92. The van der Waals surface area contributed by atoms with Crippen molar-refractivity contribution < 1.29 is 13.2 Å². The molecule has 5 nitrogen and oxygen atoms in total. The van der Waals surface area contributed by atoms with Gasteiger partial charge in [-0.3, -0.25) is 9.10 Å². The van der Waals surface area contributed by atoms with Crippen LogP contribution in [0.1, 0.15) is 45.9 Å². The lowest BCUT2D eigenvalue weighted by Crippen LogP contribution is -2.31. The van der Waals surface area contributed by atoms with E-state index < -0.39 is 10.0 Å². The number of carbonyl (C=O) groups excluding carboxylic acids is 1. The van der Waals surface area contributed by atoms with Crippen molar-refractivity contribution in [3.63, 3.8) is 0 Å². The van der Waals surface area contributed by atoms with Crippen LogP contribution in [0.4, 0.5) is 5.69 Å². The summed E-state index contributed by atoms with van der Waals surface area (Å²) in [6, 6.07) is 24.4. The van der Waals surface area contributed by atoms with Crippen molar-refractivity contribution in [1.82, 2.24) is 5.32 Å². The van der Waals surface area contributed by atoms with E-state index in [1.165, 1.54) is 21.7 Å². The van der Waals surface area contributed by atoms with Gasteiger partial charge in [0.1, 0.15) is 0 Å². The van der Waals surface area contributed by atoms with E-state index in [1.54, 1.807) is 24.3 Å². The zero-order chi connectivity index (χ0) is 21.8. The Morgan fingerprint density at radius 2 is 1.65 bits per heavy atom. The van der Waals surface area contributed by atoms with E-state index in [-0.39, 0.29) is 18.5 Å². The molecule has 4 rings (SSSR count). The van der Waals surface area contributed by atoms with Gasteiger partial charge in [-0.1, -0.05) is 54.6 Å². The molecule has 0 saturated carbocycles. The maximum absolute atomic E-state index is 12.8. The van der Waals surface area contributed by atoms with E-state index in [1.807, 2.05) is 42.5 Å². The van der Waals surface area contributed by atoms with Gasteiger partial charge in [0, 0.05) is 5.56 Å². The monoisotopic (exact) mass is 434 g/mol. The first kappa shape index (κ1) is 21.1.